The number of rotatable bonds is 5. The average Bonchev–Trinajstić information content (AvgIpc) is 2.85. The maximum absolute atomic E-state index is 5.69. The van der Waals surface area contributed by atoms with Crippen LogP contribution in [0.5, 0.6) is 0 Å². The maximum Gasteiger partial charge on any atom is 0.243 e. The number of hydrogen-bond acceptors (Lipinski definition) is 6. The van der Waals surface area contributed by atoms with Crippen LogP contribution < -0.4 is 5.32 Å². The van der Waals surface area contributed by atoms with Gasteiger partial charge in [-0.2, -0.15) is 4.98 Å². The Balaban J connectivity index is 1.78. The lowest BCUT2D eigenvalue weighted by atomic mass is 10.2. The molecule has 1 aromatic rings. The fourth-order valence-corrected chi connectivity index (χ4v) is 1.97. The summed E-state index contributed by atoms with van der Waals surface area (Å²) in [6.45, 7) is 7.62. The molecule has 0 radical (unpaired) electrons. The topological polar surface area (TPSA) is 63.4 Å². The molecular weight excluding hydrogens is 232 g/mol. The third-order valence-electron chi connectivity index (χ3n) is 3.16. The maximum atomic E-state index is 5.69. The minimum absolute atomic E-state index is 0.0635. The minimum atomic E-state index is 0.0635. The molecule has 102 valence electrons. The van der Waals surface area contributed by atoms with Crippen LogP contribution in [0.25, 0.3) is 0 Å². The minimum Gasteiger partial charge on any atom is -0.374 e. The van der Waals surface area contributed by atoms with E-state index in [0.717, 1.165) is 38.5 Å². The highest BCUT2D eigenvalue weighted by molar-refractivity contribution is 4.91. The van der Waals surface area contributed by atoms with Crippen molar-refractivity contribution in [3.8, 4) is 0 Å². The molecule has 1 saturated heterocycles. The summed E-state index contributed by atoms with van der Waals surface area (Å²) in [5, 5.41) is 7.28. The van der Waals surface area contributed by atoms with E-state index < -0.39 is 0 Å². The quantitative estimate of drug-likeness (QED) is 0.831. The van der Waals surface area contributed by atoms with Crippen molar-refractivity contribution in [3.63, 3.8) is 0 Å². The molecule has 0 aliphatic carbocycles. The lowest BCUT2D eigenvalue weighted by molar-refractivity contribution is -0.0194. The molecule has 18 heavy (non-hydrogen) atoms. The molecule has 2 atom stereocenters. The van der Waals surface area contributed by atoms with Crippen LogP contribution in [0, 0.1) is 0 Å². The van der Waals surface area contributed by atoms with Gasteiger partial charge in [-0.1, -0.05) is 12.1 Å². The van der Waals surface area contributed by atoms with E-state index in [1.165, 1.54) is 0 Å². The fraction of sp³-hybridized carbons (Fsp3) is 0.833. The first kappa shape index (κ1) is 13.5. The lowest BCUT2D eigenvalue weighted by Crippen LogP contribution is -2.45. The molecule has 1 fully saturated rings. The summed E-state index contributed by atoms with van der Waals surface area (Å²) < 4.78 is 10.9. The van der Waals surface area contributed by atoms with Crippen molar-refractivity contribution in [2.24, 2.45) is 0 Å². The normalized spacial score (nSPS) is 23.2. The smallest absolute Gasteiger partial charge is 0.243 e. The molecule has 1 N–H and O–H groups in total. The second-order valence-corrected chi connectivity index (χ2v) is 4.79. The Morgan fingerprint density at radius 1 is 1.56 bits per heavy atom. The third kappa shape index (κ3) is 3.51. The number of nitrogens with zero attached hydrogens (tertiary/aromatic N) is 3. The highest BCUT2D eigenvalue weighted by Crippen LogP contribution is 2.10. The molecule has 0 bridgehead atoms. The average molecular weight is 254 g/mol. The van der Waals surface area contributed by atoms with E-state index in [-0.39, 0.29) is 12.1 Å². The van der Waals surface area contributed by atoms with Gasteiger partial charge in [-0.05, 0) is 14.0 Å². The van der Waals surface area contributed by atoms with Crippen LogP contribution in [0.2, 0.25) is 0 Å². The first-order chi connectivity index (χ1) is 8.69. The summed E-state index contributed by atoms with van der Waals surface area (Å²) in [5.74, 6) is 1.41. The number of nitrogens with one attached hydrogen (secondary N) is 1. The SMILES string of the molecule is CCc1noc([C@@H](C)NC[C@H]2CN(C)CCO2)n1. The zero-order valence-corrected chi connectivity index (χ0v) is 11.3. The molecule has 0 amide bonds. The van der Waals surface area contributed by atoms with E-state index in [1.807, 2.05) is 13.8 Å². The molecule has 0 aromatic carbocycles. The summed E-state index contributed by atoms with van der Waals surface area (Å²) >= 11 is 0. The van der Waals surface area contributed by atoms with Crippen LogP contribution in [0.4, 0.5) is 0 Å². The van der Waals surface area contributed by atoms with E-state index in [1.54, 1.807) is 0 Å². The highest BCUT2D eigenvalue weighted by atomic mass is 16.5. The van der Waals surface area contributed by atoms with Gasteiger partial charge in [0.05, 0.1) is 18.8 Å². The van der Waals surface area contributed by atoms with E-state index >= 15 is 0 Å². The monoisotopic (exact) mass is 254 g/mol. The number of hydrogen-bond donors (Lipinski definition) is 1. The predicted molar refractivity (Wildman–Crippen MR) is 67.3 cm³/mol. The molecule has 6 nitrogen and oxygen atoms in total. The molecule has 2 heterocycles. The number of likely N-dealkylation sites (N-methyl/N-ethyl adjacent to an activating group) is 1. The summed E-state index contributed by atoms with van der Waals surface area (Å²) in [6.07, 6.45) is 1.03. The van der Waals surface area contributed by atoms with E-state index in [9.17, 15) is 0 Å². The van der Waals surface area contributed by atoms with Gasteiger partial charge in [-0.3, -0.25) is 0 Å². The Morgan fingerprint density at radius 3 is 3.06 bits per heavy atom. The van der Waals surface area contributed by atoms with Crippen molar-refractivity contribution in [1.29, 1.82) is 0 Å². The van der Waals surface area contributed by atoms with Crippen LogP contribution in [0.3, 0.4) is 0 Å². The molecule has 1 aliphatic rings. The Labute approximate surface area is 108 Å². The Kier molecular flexibility index (Phi) is 4.68. The van der Waals surface area contributed by atoms with Crippen LogP contribution in [-0.4, -0.2) is 54.4 Å². The fourth-order valence-electron chi connectivity index (χ4n) is 1.97. The number of aromatic nitrogens is 2. The summed E-state index contributed by atoms with van der Waals surface area (Å²) in [5.41, 5.74) is 0. The van der Waals surface area contributed by atoms with Crippen LogP contribution >= 0.6 is 0 Å². The Hall–Kier alpha value is -0.980. The van der Waals surface area contributed by atoms with Gasteiger partial charge in [0.25, 0.3) is 0 Å². The van der Waals surface area contributed by atoms with Crippen molar-refractivity contribution >= 4 is 0 Å². The van der Waals surface area contributed by atoms with Crippen molar-refractivity contribution in [3.05, 3.63) is 11.7 Å². The molecule has 0 unspecified atom stereocenters. The Bertz CT molecular complexity index is 369. The van der Waals surface area contributed by atoms with E-state index in [2.05, 4.69) is 27.4 Å². The largest absolute Gasteiger partial charge is 0.374 e. The van der Waals surface area contributed by atoms with Crippen molar-refractivity contribution < 1.29 is 9.26 Å². The Morgan fingerprint density at radius 2 is 2.39 bits per heavy atom. The standard InChI is InChI=1S/C12H22N4O2/c1-4-11-14-12(18-15-11)9(2)13-7-10-8-16(3)5-6-17-10/h9-10,13H,4-8H2,1-3H3/t9-,10+/m1/s1. The number of morpholine rings is 1. The number of aryl methyl sites for hydroxylation is 1. The number of ether oxygens (including phenoxy) is 1. The van der Waals surface area contributed by atoms with Crippen molar-refractivity contribution in [2.75, 3.05) is 33.3 Å². The molecule has 2 rings (SSSR count). The van der Waals surface area contributed by atoms with Gasteiger partial charge in [0.1, 0.15) is 0 Å². The zero-order chi connectivity index (χ0) is 13.0. The van der Waals surface area contributed by atoms with Crippen LogP contribution in [0.15, 0.2) is 4.52 Å². The second-order valence-electron chi connectivity index (χ2n) is 4.79. The van der Waals surface area contributed by atoms with Gasteiger partial charge in [-0.15, -0.1) is 0 Å². The molecule has 0 saturated carbocycles. The van der Waals surface area contributed by atoms with Gasteiger partial charge in [0.15, 0.2) is 5.82 Å². The van der Waals surface area contributed by atoms with Crippen molar-refractivity contribution in [2.45, 2.75) is 32.4 Å². The van der Waals surface area contributed by atoms with Gasteiger partial charge in [0.2, 0.25) is 5.89 Å². The first-order valence-corrected chi connectivity index (χ1v) is 6.55. The van der Waals surface area contributed by atoms with Gasteiger partial charge in [-0.25, -0.2) is 0 Å². The second kappa shape index (κ2) is 6.26. The van der Waals surface area contributed by atoms with E-state index in [4.69, 9.17) is 9.26 Å². The van der Waals surface area contributed by atoms with E-state index in [0.29, 0.717) is 5.89 Å². The van der Waals surface area contributed by atoms with Gasteiger partial charge >= 0.3 is 0 Å². The summed E-state index contributed by atoms with van der Waals surface area (Å²) in [6, 6.07) is 0.0635. The molecule has 1 aliphatic heterocycles. The summed E-state index contributed by atoms with van der Waals surface area (Å²) in [7, 11) is 2.12. The van der Waals surface area contributed by atoms with Crippen LogP contribution in [-0.2, 0) is 11.2 Å². The van der Waals surface area contributed by atoms with Gasteiger partial charge < -0.3 is 19.5 Å². The third-order valence-corrected chi connectivity index (χ3v) is 3.16. The predicted octanol–water partition coefficient (Wildman–Crippen LogP) is 0.613. The summed E-state index contributed by atoms with van der Waals surface area (Å²) in [4.78, 5) is 6.60. The molecule has 6 heteroatoms. The van der Waals surface area contributed by atoms with Crippen LogP contribution in [0.1, 0.15) is 31.6 Å². The highest BCUT2D eigenvalue weighted by Gasteiger charge is 2.20. The molecule has 1 aromatic heterocycles. The first-order valence-electron chi connectivity index (χ1n) is 6.55. The van der Waals surface area contributed by atoms with Crippen molar-refractivity contribution in [1.82, 2.24) is 20.4 Å². The van der Waals surface area contributed by atoms with Gasteiger partial charge in [0, 0.05) is 26.1 Å². The molecule has 0 spiro atoms. The lowest BCUT2D eigenvalue weighted by Gasteiger charge is -2.30. The molecular formula is C12H22N4O2. The zero-order valence-electron chi connectivity index (χ0n) is 11.3.